The molecule has 1 N–H and O–H groups in total. The predicted molar refractivity (Wildman–Crippen MR) is 108 cm³/mol. The van der Waals surface area contributed by atoms with Gasteiger partial charge in [-0.3, -0.25) is 0 Å². The van der Waals surface area contributed by atoms with Crippen LogP contribution in [-0.2, 0) is 5.41 Å². The Morgan fingerprint density at radius 3 is 1.88 bits per heavy atom. The van der Waals surface area contributed by atoms with Crippen LogP contribution in [0.25, 0.3) is 0 Å². The predicted octanol–water partition coefficient (Wildman–Crippen LogP) is 5.56. The van der Waals surface area contributed by atoms with Gasteiger partial charge in [0.05, 0.1) is 11.5 Å². The number of nitrogens with one attached hydrogen (secondary N) is 1. The molecule has 1 heterocycles. The van der Waals surface area contributed by atoms with Crippen molar-refractivity contribution in [1.82, 2.24) is 0 Å². The third kappa shape index (κ3) is 2.10. The average molecular weight is 335 g/mol. The van der Waals surface area contributed by atoms with E-state index in [2.05, 4.69) is 115 Å². The van der Waals surface area contributed by atoms with Crippen LogP contribution in [-0.4, -0.2) is 6.04 Å². The fourth-order valence-electron chi connectivity index (χ4n) is 4.74. The summed E-state index contributed by atoms with van der Waals surface area (Å²) in [6.07, 6.45) is 9.01. The van der Waals surface area contributed by atoms with Crippen LogP contribution in [0.5, 0.6) is 0 Å². The summed E-state index contributed by atoms with van der Waals surface area (Å²) in [7, 11) is 0. The molecule has 0 spiro atoms. The van der Waals surface area contributed by atoms with Gasteiger partial charge < -0.3 is 5.32 Å². The second-order valence-electron chi connectivity index (χ2n) is 7.05. The Morgan fingerprint density at radius 2 is 1.19 bits per heavy atom. The molecule has 0 radical (unpaired) electrons. The van der Waals surface area contributed by atoms with Crippen molar-refractivity contribution in [1.29, 1.82) is 0 Å². The maximum absolute atomic E-state index is 3.76. The smallest absolute Gasteiger partial charge is 0.0556 e. The Bertz CT molecular complexity index is 930. The van der Waals surface area contributed by atoms with Crippen molar-refractivity contribution >= 4 is 5.69 Å². The van der Waals surface area contributed by atoms with Crippen molar-refractivity contribution in [3.63, 3.8) is 0 Å². The monoisotopic (exact) mass is 335 g/mol. The fourth-order valence-corrected chi connectivity index (χ4v) is 4.74. The van der Waals surface area contributed by atoms with Crippen LogP contribution >= 0.6 is 0 Å². The van der Waals surface area contributed by atoms with E-state index >= 15 is 0 Å². The Kier molecular flexibility index (Phi) is 3.53. The highest BCUT2D eigenvalue weighted by atomic mass is 15.0. The molecule has 0 saturated carbocycles. The minimum absolute atomic E-state index is 0.212. The summed E-state index contributed by atoms with van der Waals surface area (Å²) >= 11 is 0. The Balaban J connectivity index is 1.90. The highest BCUT2D eigenvalue weighted by Crippen LogP contribution is 2.53. The van der Waals surface area contributed by atoms with Gasteiger partial charge in [-0.15, -0.1) is 0 Å². The average Bonchev–Trinajstić information content (AvgIpc) is 2.73. The summed E-state index contributed by atoms with van der Waals surface area (Å²) in [5.74, 6) is 0.312. The summed E-state index contributed by atoms with van der Waals surface area (Å²) in [5.41, 5.74) is 5.04. The molecular formula is C25H21N. The molecule has 0 fully saturated rings. The Morgan fingerprint density at radius 1 is 0.615 bits per heavy atom. The van der Waals surface area contributed by atoms with Crippen LogP contribution in [0, 0.1) is 5.92 Å². The van der Waals surface area contributed by atoms with Gasteiger partial charge >= 0.3 is 0 Å². The maximum Gasteiger partial charge on any atom is 0.0556 e. The summed E-state index contributed by atoms with van der Waals surface area (Å²) in [5, 5.41) is 3.76. The number of hydrogen-bond acceptors (Lipinski definition) is 1. The number of hydrogen-bond donors (Lipinski definition) is 1. The van der Waals surface area contributed by atoms with Gasteiger partial charge in [0.1, 0.15) is 0 Å². The van der Waals surface area contributed by atoms with Crippen molar-refractivity contribution in [2.24, 2.45) is 5.92 Å². The second kappa shape index (κ2) is 6.03. The van der Waals surface area contributed by atoms with Gasteiger partial charge in [0.2, 0.25) is 0 Å². The zero-order chi connectivity index (χ0) is 17.4. The molecular weight excluding hydrogens is 314 g/mol. The van der Waals surface area contributed by atoms with E-state index in [0.29, 0.717) is 5.92 Å². The lowest BCUT2D eigenvalue weighted by Gasteiger charge is -2.49. The summed E-state index contributed by atoms with van der Waals surface area (Å²) in [6.45, 7) is 0. The molecule has 0 amide bonds. The van der Waals surface area contributed by atoms with E-state index in [1.165, 1.54) is 22.4 Å². The third-order valence-corrected chi connectivity index (χ3v) is 5.77. The number of fused-ring (bicyclic) bond motifs is 2. The van der Waals surface area contributed by atoms with Crippen LogP contribution in [0.1, 0.15) is 16.7 Å². The molecule has 2 unspecified atom stereocenters. The maximum atomic E-state index is 3.76. The molecule has 0 saturated heterocycles. The van der Waals surface area contributed by atoms with Crippen LogP contribution < -0.4 is 5.32 Å². The molecule has 0 aromatic heterocycles. The number of para-hydroxylation sites is 1. The van der Waals surface area contributed by atoms with Gasteiger partial charge in [-0.05, 0) is 22.8 Å². The molecule has 1 nitrogen and oxygen atoms in total. The lowest BCUT2D eigenvalue weighted by atomic mass is 9.57. The van der Waals surface area contributed by atoms with Crippen molar-refractivity contribution in [3.8, 4) is 0 Å². The van der Waals surface area contributed by atoms with Crippen molar-refractivity contribution < 1.29 is 0 Å². The van der Waals surface area contributed by atoms with Gasteiger partial charge in [0.15, 0.2) is 0 Å². The van der Waals surface area contributed by atoms with Crippen molar-refractivity contribution in [2.75, 3.05) is 5.32 Å². The molecule has 0 bridgehead atoms. The number of allylic oxidation sites excluding steroid dienone is 2. The van der Waals surface area contributed by atoms with E-state index in [4.69, 9.17) is 0 Å². The number of rotatable bonds is 2. The zero-order valence-corrected chi connectivity index (χ0v) is 14.5. The lowest BCUT2D eigenvalue weighted by Crippen LogP contribution is -2.49. The topological polar surface area (TPSA) is 12.0 Å². The van der Waals surface area contributed by atoms with E-state index in [0.717, 1.165) is 0 Å². The molecule has 3 aromatic carbocycles. The van der Waals surface area contributed by atoms with Crippen molar-refractivity contribution in [2.45, 2.75) is 11.5 Å². The molecule has 3 aromatic rings. The van der Waals surface area contributed by atoms with Gasteiger partial charge in [0, 0.05) is 11.6 Å². The van der Waals surface area contributed by atoms with Crippen LogP contribution in [0.4, 0.5) is 5.69 Å². The summed E-state index contributed by atoms with van der Waals surface area (Å²) in [4.78, 5) is 0. The standard InChI is InChI=1S/C25H21N/c1-3-11-19(12-4-1)25(20-13-5-2-6-14-20)21-15-7-9-17-23(21)26-24-18-10-8-16-22(24)25/h1-18,21,23,26H. The molecule has 2 aliphatic rings. The quantitative estimate of drug-likeness (QED) is 0.647. The van der Waals surface area contributed by atoms with E-state index in [1.54, 1.807) is 0 Å². The first-order valence-corrected chi connectivity index (χ1v) is 9.23. The SMILES string of the molecule is C1=CC2Nc3ccccc3C(c3ccccc3)(c3ccccc3)C2C=C1. The number of anilines is 1. The molecule has 5 rings (SSSR count). The van der Waals surface area contributed by atoms with Crippen LogP contribution in [0.15, 0.2) is 109 Å². The first kappa shape index (κ1) is 15.2. The van der Waals surface area contributed by atoms with Gasteiger partial charge in [0.25, 0.3) is 0 Å². The first-order valence-electron chi connectivity index (χ1n) is 9.23. The lowest BCUT2D eigenvalue weighted by molar-refractivity contribution is 0.407. The minimum Gasteiger partial charge on any atom is -0.378 e. The van der Waals surface area contributed by atoms with Crippen molar-refractivity contribution in [3.05, 3.63) is 126 Å². The van der Waals surface area contributed by atoms with E-state index in [9.17, 15) is 0 Å². The second-order valence-corrected chi connectivity index (χ2v) is 7.05. The zero-order valence-electron chi connectivity index (χ0n) is 14.5. The normalized spacial score (nSPS) is 22.2. The molecule has 2 atom stereocenters. The van der Waals surface area contributed by atoms with Gasteiger partial charge in [-0.25, -0.2) is 0 Å². The third-order valence-electron chi connectivity index (χ3n) is 5.77. The molecule has 1 heteroatoms. The first-order chi connectivity index (χ1) is 12.9. The highest BCUT2D eigenvalue weighted by Gasteiger charge is 2.49. The summed E-state index contributed by atoms with van der Waals surface area (Å²) < 4.78 is 0. The largest absolute Gasteiger partial charge is 0.378 e. The molecule has 126 valence electrons. The Labute approximate surface area is 154 Å². The van der Waals surface area contributed by atoms with Gasteiger partial charge in [-0.1, -0.05) is 103 Å². The summed E-state index contributed by atoms with van der Waals surface area (Å²) in [6, 6.07) is 31.0. The van der Waals surface area contributed by atoms with Crippen LogP contribution in [0.2, 0.25) is 0 Å². The minimum atomic E-state index is -0.212. The molecule has 1 aliphatic carbocycles. The highest BCUT2D eigenvalue weighted by molar-refractivity contribution is 5.68. The Hall–Kier alpha value is -3.06. The molecule has 26 heavy (non-hydrogen) atoms. The van der Waals surface area contributed by atoms with Gasteiger partial charge in [-0.2, -0.15) is 0 Å². The molecule has 1 aliphatic heterocycles. The van der Waals surface area contributed by atoms with E-state index in [-0.39, 0.29) is 11.5 Å². The van der Waals surface area contributed by atoms with E-state index in [1.807, 2.05) is 0 Å². The fraction of sp³-hybridized carbons (Fsp3) is 0.120. The van der Waals surface area contributed by atoms with Crippen LogP contribution in [0.3, 0.4) is 0 Å². The number of benzene rings is 3. The van der Waals surface area contributed by atoms with E-state index < -0.39 is 0 Å².